The van der Waals surface area contributed by atoms with Gasteiger partial charge in [-0.05, 0) is 46.2 Å². The monoisotopic (exact) mass is 626 g/mol. The van der Waals surface area contributed by atoms with Crippen LogP contribution in [0.4, 0.5) is 0 Å². The lowest BCUT2D eigenvalue weighted by molar-refractivity contribution is 0.0989. The number of nitrogens with one attached hydrogen (secondary N) is 2. The number of primary amides is 2. The molecule has 8 heteroatoms. The fourth-order valence-corrected chi connectivity index (χ4v) is 7.34. The van der Waals surface area contributed by atoms with Gasteiger partial charge in [-0.3, -0.25) is 9.59 Å². The Labute approximate surface area is 271 Å². The molecule has 8 N–H and O–H groups in total. The second-order valence-electron chi connectivity index (χ2n) is 12.1. The smallest absolute Gasteiger partial charge is 0.252 e. The summed E-state index contributed by atoms with van der Waals surface area (Å²) in [5, 5.41) is 30.2. The number of aromatic amines is 2. The molecule has 7 aromatic carbocycles. The topological polar surface area (TPSA) is 158 Å². The zero-order valence-electron chi connectivity index (χ0n) is 25.3. The molecule has 2 amide bonds. The Balaban J connectivity index is 1.33. The number of benzene rings is 7. The van der Waals surface area contributed by atoms with Crippen LogP contribution in [-0.4, -0.2) is 32.0 Å². The van der Waals surface area contributed by atoms with Crippen LogP contribution in [0.3, 0.4) is 0 Å². The highest BCUT2D eigenvalue weighted by Gasteiger charge is 2.23. The van der Waals surface area contributed by atoms with Gasteiger partial charge >= 0.3 is 0 Å². The Kier molecular flexibility index (Phi) is 5.64. The number of carbonyl (C=O) groups excluding carboxylic acids is 2. The summed E-state index contributed by atoms with van der Waals surface area (Å²) in [6, 6.07) is 34.3. The Bertz CT molecular complexity index is 2670. The largest absolute Gasteiger partial charge is 0.506 e. The predicted octanol–water partition coefficient (Wildman–Crippen LogP) is 8.21. The Morgan fingerprint density at radius 2 is 0.896 bits per heavy atom. The molecule has 0 radical (unpaired) electrons. The van der Waals surface area contributed by atoms with Gasteiger partial charge in [0.1, 0.15) is 11.5 Å². The first-order valence-corrected chi connectivity index (χ1v) is 15.4. The summed E-state index contributed by atoms with van der Waals surface area (Å²) in [7, 11) is 0. The van der Waals surface area contributed by atoms with Crippen molar-refractivity contribution in [2.45, 2.75) is 0 Å². The number of phenols is 2. The lowest BCUT2D eigenvalue weighted by Gasteiger charge is -2.16. The molecule has 0 saturated heterocycles. The van der Waals surface area contributed by atoms with E-state index in [4.69, 9.17) is 11.5 Å². The summed E-state index contributed by atoms with van der Waals surface area (Å²) in [6.45, 7) is 0. The maximum absolute atomic E-state index is 12.5. The average Bonchev–Trinajstić information content (AvgIpc) is 3.66. The van der Waals surface area contributed by atoms with E-state index in [2.05, 4.69) is 9.97 Å². The Morgan fingerprint density at radius 1 is 0.500 bits per heavy atom. The second kappa shape index (κ2) is 9.85. The number of fused-ring (bicyclic) bond motifs is 10. The van der Waals surface area contributed by atoms with Crippen molar-refractivity contribution in [2.24, 2.45) is 11.5 Å². The Morgan fingerprint density at radius 3 is 1.29 bits per heavy atom. The van der Waals surface area contributed by atoms with E-state index in [9.17, 15) is 19.8 Å². The van der Waals surface area contributed by atoms with Crippen LogP contribution in [0.2, 0.25) is 0 Å². The molecule has 230 valence electrons. The van der Waals surface area contributed by atoms with Crippen molar-refractivity contribution in [1.82, 2.24) is 9.97 Å². The van der Waals surface area contributed by atoms with Gasteiger partial charge in [0.15, 0.2) is 0 Å². The normalized spacial score (nSPS) is 11.8. The van der Waals surface area contributed by atoms with E-state index < -0.39 is 11.8 Å². The maximum Gasteiger partial charge on any atom is 0.252 e. The van der Waals surface area contributed by atoms with Crippen molar-refractivity contribution in [3.8, 4) is 33.8 Å². The van der Waals surface area contributed by atoms with Crippen LogP contribution in [0.5, 0.6) is 11.5 Å². The number of aromatic hydroxyl groups is 2. The summed E-state index contributed by atoms with van der Waals surface area (Å²) >= 11 is 0. The molecule has 48 heavy (non-hydrogen) atoms. The summed E-state index contributed by atoms with van der Waals surface area (Å²) < 4.78 is 0. The predicted molar refractivity (Wildman–Crippen MR) is 191 cm³/mol. The number of aromatic nitrogens is 2. The minimum absolute atomic E-state index is 0.0102. The third-order valence-corrected chi connectivity index (χ3v) is 9.51. The molecule has 0 aliphatic carbocycles. The van der Waals surface area contributed by atoms with Crippen LogP contribution in [-0.2, 0) is 0 Å². The summed E-state index contributed by atoms with van der Waals surface area (Å²) in [6.07, 6.45) is 0. The second-order valence-corrected chi connectivity index (χ2v) is 12.1. The van der Waals surface area contributed by atoms with E-state index in [0.717, 1.165) is 65.2 Å². The van der Waals surface area contributed by atoms with Gasteiger partial charge in [0.2, 0.25) is 0 Å². The molecule has 0 atom stereocenters. The summed E-state index contributed by atoms with van der Waals surface area (Å²) in [4.78, 5) is 32.0. The van der Waals surface area contributed by atoms with Gasteiger partial charge in [0, 0.05) is 54.5 Å². The van der Waals surface area contributed by atoms with Crippen LogP contribution in [0.25, 0.3) is 87.4 Å². The number of para-hydroxylation sites is 2. The fourth-order valence-electron chi connectivity index (χ4n) is 7.34. The highest BCUT2D eigenvalue weighted by molar-refractivity contribution is 6.24. The van der Waals surface area contributed by atoms with E-state index in [0.29, 0.717) is 22.3 Å². The van der Waals surface area contributed by atoms with Crippen LogP contribution in [0, 0.1) is 0 Å². The molecular formula is C40H26N4O4. The van der Waals surface area contributed by atoms with Crippen molar-refractivity contribution in [1.29, 1.82) is 0 Å². The van der Waals surface area contributed by atoms with Crippen molar-refractivity contribution in [3.05, 3.63) is 120 Å². The lowest BCUT2D eigenvalue weighted by Crippen LogP contribution is -2.11. The van der Waals surface area contributed by atoms with Gasteiger partial charge in [0.25, 0.3) is 11.8 Å². The summed E-state index contributed by atoms with van der Waals surface area (Å²) in [5.41, 5.74) is 17.2. The van der Waals surface area contributed by atoms with E-state index in [1.807, 2.05) is 97.1 Å². The summed E-state index contributed by atoms with van der Waals surface area (Å²) in [5.74, 6) is -1.94. The average molecular weight is 627 g/mol. The van der Waals surface area contributed by atoms with E-state index in [1.54, 1.807) is 12.1 Å². The molecule has 0 bridgehead atoms. The highest BCUT2D eigenvalue weighted by Crippen LogP contribution is 2.46. The zero-order chi connectivity index (χ0) is 32.8. The number of H-pyrrole nitrogens is 2. The van der Waals surface area contributed by atoms with E-state index in [-0.39, 0.29) is 22.6 Å². The standard InChI is InChI=1S/C40H26N4O4/c41-39(47)27-17-21-13-15-25-23-5-1-3-7-29(23)43-35(25)31(21)33(37(27)45)19-9-11-20(12-10-19)34-32-22(18-28(38(34)46)40(42)48)14-16-26-24-6-2-4-8-30(24)44-36(26)32/h1-18,43-46H,(H2,41,47)(H2,42,48). The first kappa shape index (κ1) is 27.5. The third kappa shape index (κ3) is 3.77. The molecule has 0 aliphatic heterocycles. The van der Waals surface area contributed by atoms with Crippen LogP contribution >= 0.6 is 0 Å². The van der Waals surface area contributed by atoms with Crippen LogP contribution in [0.15, 0.2) is 109 Å². The molecule has 0 saturated carbocycles. The number of hydrogen-bond acceptors (Lipinski definition) is 4. The molecule has 0 unspecified atom stereocenters. The Hall–Kier alpha value is -6.80. The quantitative estimate of drug-likeness (QED) is 0.116. The highest BCUT2D eigenvalue weighted by atomic mass is 16.3. The first-order chi connectivity index (χ1) is 23.3. The van der Waals surface area contributed by atoms with Gasteiger partial charge < -0.3 is 31.6 Å². The molecule has 2 aromatic heterocycles. The molecule has 9 aromatic rings. The number of rotatable bonds is 4. The van der Waals surface area contributed by atoms with Gasteiger partial charge in [-0.1, -0.05) is 84.9 Å². The van der Waals surface area contributed by atoms with Crippen molar-refractivity contribution in [3.63, 3.8) is 0 Å². The molecule has 2 heterocycles. The number of amides is 2. The van der Waals surface area contributed by atoms with Gasteiger partial charge in [-0.15, -0.1) is 0 Å². The van der Waals surface area contributed by atoms with Gasteiger partial charge in [-0.2, -0.15) is 0 Å². The third-order valence-electron chi connectivity index (χ3n) is 9.51. The fraction of sp³-hybridized carbons (Fsp3) is 0. The molecule has 0 fully saturated rings. The van der Waals surface area contributed by atoms with Crippen LogP contribution < -0.4 is 11.5 Å². The number of nitrogens with two attached hydrogens (primary N) is 2. The molecule has 0 aliphatic rings. The van der Waals surface area contributed by atoms with Gasteiger partial charge in [0.05, 0.1) is 22.2 Å². The van der Waals surface area contributed by atoms with E-state index in [1.165, 1.54) is 0 Å². The van der Waals surface area contributed by atoms with Crippen molar-refractivity contribution < 1.29 is 19.8 Å². The van der Waals surface area contributed by atoms with Gasteiger partial charge in [-0.25, -0.2) is 0 Å². The molecular weight excluding hydrogens is 600 g/mol. The zero-order valence-corrected chi connectivity index (χ0v) is 25.3. The molecule has 8 nitrogen and oxygen atoms in total. The minimum atomic E-state index is -0.744. The minimum Gasteiger partial charge on any atom is -0.506 e. The van der Waals surface area contributed by atoms with Crippen molar-refractivity contribution >= 4 is 77.0 Å². The maximum atomic E-state index is 12.5. The lowest BCUT2D eigenvalue weighted by atomic mass is 9.89. The SMILES string of the molecule is NC(=O)c1cc2ccc3c4ccccc4[nH]c3c2c(-c2ccc(-c3c(O)c(C(N)=O)cc4ccc5c6ccccc6[nH]c5c34)cc2)c1O. The molecule has 9 rings (SSSR count). The molecule has 0 spiro atoms. The first-order valence-electron chi connectivity index (χ1n) is 15.4. The number of hydrogen-bond donors (Lipinski definition) is 6. The van der Waals surface area contributed by atoms with Crippen molar-refractivity contribution in [2.75, 3.05) is 0 Å². The van der Waals surface area contributed by atoms with Crippen LogP contribution in [0.1, 0.15) is 20.7 Å². The van der Waals surface area contributed by atoms with E-state index >= 15 is 0 Å². The number of carbonyl (C=O) groups is 2.